The molecule has 2 fully saturated rings. The quantitative estimate of drug-likeness (QED) is 0.694. The summed E-state index contributed by atoms with van der Waals surface area (Å²) < 4.78 is 25.0. The second-order valence-corrected chi connectivity index (χ2v) is 9.69. The molecule has 0 aromatic heterocycles. The van der Waals surface area contributed by atoms with Gasteiger partial charge in [-0.15, -0.1) is 0 Å². The van der Waals surface area contributed by atoms with Crippen LogP contribution in [0.4, 0.5) is 10.1 Å². The van der Waals surface area contributed by atoms with Crippen molar-refractivity contribution >= 4 is 5.69 Å². The summed E-state index contributed by atoms with van der Waals surface area (Å²) in [4.78, 5) is 4.42. The van der Waals surface area contributed by atoms with E-state index in [1.807, 2.05) is 6.07 Å². The van der Waals surface area contributed by atoms with E-state index in [2.05, 4.69) is 34.9 Å². The summed E-state index contributed by atoms with van der Waals surface area (Å²) in [5, 5.41) is 22.5. The minimum Gasteiger partial charge on any atom is -0.490 e. The van der Waals surface area contributed by atoms with Crippen molar-refractivity contribution in [2.45, 2.75) is 37.9 Å². The summed E-state index contributed by atoms with van der Waals surface area (Å²) in [6, 6.07) is 12.9. The first-order valence-corrected chi connectivity index (χ1v) is 11.7. The van der Waals surface area contributed by atoms with Crippen LogP contribution in [0, 0.1) is 19.7 Å². The predicted molar refractivity (Wildman–Crippen MR) is 126 cm³/mol. The molecule has 7 heteroatoms. The molecule has 2 saturated heterocycles. The number of nitrogens with zero attached hydrogens (tertiary/aromatic N) is 2. The van der Waals surface area contributed by atoms with Crippen LogP contribution in [0.3, 0.4) is 0 Å². The first-order valence-electron chi connectivity index (χ1n) is 11.7. The lowest BCUT2D eigenvalue weighted by molar-refractivity contribution is -0.0742. The highest BCUT2D eigenvalue weighted by atomic mass is 19.1. The Hall–Kier alpha value is -2.19. The van der Waals surface area contributed by atoms with Gasteiger partial charge < -0.3 is 24.6 Å². The summed E-state index contributed by atoms with van der Waals surface area (Å²) in [6.45, 7) is 7.53. The Kier molecular flexibility index (Phi) is 7.24. The van der Waals surface area contributed by atoms with Crippen LogP contribution in [-0.4, -0.2) is 78.9 Å². The highest BCUT2D eigenvalue weighted by Crippen LogP contribution is 2.30. The maximum absolute atomic E-state index is 13.5. The van der Waals surface area contributed by atoms with Crippen LogP contribution >= 0.6 is 0 Å². The number of para-hydroxylation sites is 1. The molecule has 2 aliphatic heterocycles. The molecule has 6 nitrogen and oxygen atoms in total. The van der Waals surface area contributed by atoms with Crippen molar-refractivity contribution in [3.8, 4) is 5.75 Å². The van der Waals surface area contributed by atoms with Crippen LogP contribution in [0.15, 0.2) is 42.5 Å². The van der Waals surface area contributed by atoms with Crippen LogP contribution in [-0.2, 0) is 4.74 Å². The number of piperidine rings is 1. The van der Waals surface area contributed by atoms with Crippen LogP contribution in [0.5, 0.6) is 5.75 Å². The Morgan fingerprint density at radius 3 is 2.48 bits per heavy atom. The number of anilines is 1. The zero-order valence-corrected chi connectivity index (χ0v) is 19.6. The maximum Gasteiger partial charge on any atom is 0.134 e. The summed E-state index contributed by atoms with van der Waals surface area (Å²) in [5.41, 5.74) is 0.952. The minimum absolute atomic E-state index is 0.0358. The van der Waals surface area contributed by atoms with E-state index in [-0.39, 0.29) is 19.0 Å². The molecule has 180 valence electrons. The predicted octanol–water partition coefficient (Wildman–Crippen LogP) is 2.92. The van der Waals surface area contributed by atoms with Gasteiger partial charge in [0.2, 0.25) is 0 Å². The first-order chi connectivity index (χ1) is 15.8. The van der Waals surface area contributed by atoms with Gasteiger partial charge in [0, 0.05) is 38.4 Å². The summed E-state index contributed by atoms with van der Waals surface area (Å²) in [5.74, 6) is 0.229. The lowest BCUT2D eigenvalue weighted by Gasteiger charge is -2.42. The summed E-state index contributed by atoms with van der Waals surface area (Å²) in [7, 11) is 0. The second-order valence-electron chi connectivity index (χ2n) is 9.69. The normalized spacial score (nSPS) is 23.8. The lowest BCUT2D eigenvalue weighted by Crippen LogP contribution is -2.55. The Labute approximate surface area is 195 Å². The number of aliphatic hydroxyl groups is 2. The van der Waals surface area contributed by atoms with E-state index in [0.29, 0.717) is 50.4 Å². The van der Waals surface area contributed by atoms with E-state index >= 15 is 0 Å². The highest BCUT2D eigenvalue weighted by Gasteiger charge is 2.39. The summed E-state index contributed by atoms with van der Waals surface area (Å²) >= 11 is 0. The Morgan fingerprint density at radius 1 is 1.00 bits per heavy atom. The van der Waals surface area contributed by atoms with Gasteiger partial charge in [0.1, 0.15) is 23.8 Å². The van der Waals surface area contributed by atoms with Gasteiger partial charge in [-0.05, 0) is 62.1 Å². The molecule has 2 aromatic rings. The molecule has 1 atom stereocenters. The van der Waals surface area contributed by atoms with Crippen molar-refractivity contribution in [3.05, 3.63) is 59.4 Å². The van der Waals surface area contributed by atoms with E-state index in [0.717, 1.165) is 13.1 Å². The Balaban J connectivity index is 1.34. The number of β-amino-alcohol motifs (C(OH)–C–C–N with tert-alkyl or cyclic N) is 2. The van der Waals surface area contributed by atoms with Crippen molar-refractivity contribution in [1.29, 1.82) is 0 Å². The van der Waals surface area contributed by atoms with E-state index in [1.165, 1.54) is 17.3 Å². The van der Waals surface area contributed by atoms with Crippen LogP contribution in [0.2, 0.25) is 0 Å². The molecular weight excluding hydrogens is 423 g/mol. The van der Waals surface area contributed by atoms with Gasteiger partial charge in [-0.3, -0.25) is 4.90 Å². The molecule has 2 aromatic carbocycles. The third-order valence-electron chi connectivity index (χ3n) is 6.75. The molecule has 0 saturated carbocycles. The molecule has 2 heterocycles. The number of hydrogen-bond acceptors (Lipinski definition) is 6. The largest absolute Gasteiger partial charge is 0.490 e. The number of ether oxygens (including phenoxy) is 2. The highest BCUT2D eigenvalue weighted by molar-refractivity contribution is 5.53. The molecule has 2 N–H and O–H groups in total. The lowest BCUT2D eigenvalue weighted by atomic mass is 9.89. The zero-order chi connectivity index (χ0) is 23.5. The van der Waals surface area contributed by atoms with E-state index in [9.17, 15) is 14.6 Å². The number of hydrogen-bond donors (Lipinski definition) is 2. The van der Waals surface area contributed by atoms with E-state index in [1.54, 1.807) is 19.1 Å². The van der Waals surface area contributed by atoms with E-state index in [4.69, 9.17) is 9.47 Å². The SMILES string of the molecule is Cc1cc(OCC2(O)COCCN(CC3(O)CCN(c4ccccc4C)CC3)C2)ccc1F. The van der Waals surface area contributed by atoms with Gasteiger partial charge in [0.05, 0.1) is 18.8 Å². The van der Waals surface area contributed by atoms with Gasteiger partial charge >= 0.3 is 0 Å². The monoisotopic (exact) mass is 458 g/mol. The fourth-order valence-electron chi connectivity index (χ4n) is 4.80. The van der Waals surface area contributed by atoms with Crippen LogP contribution in [0.1, 0.15) is 24.0 Å². The molecule has 0 aliphatic carbocycles. The standard InChI is InChI=1S/C26H35FN2O4/c1-20-5-3-4-6-24(20)29-11-9-25(30,10-12-29)16-28-13-14-32-18-26(31,17-28)19-33-22-7-8-23(27)21(2)15-22/h3-8,15,30-31H,9-14,16-19H2,1-2H3. The van der Waals surface area contributed by atoms with E-state index < -0.39 is 11.2 Å². The minimum atomic E-state index is -1.21. The number of halogens is 1. The van der Waals surface area contributed by atoms with Gasteiger partial charge in [0.15, 0.2) is 0 Å². The zero-order valence-electron chi connectivity index (χ0n) is 19.6. The van der Waals surface area contributed by atoms with Gasteiger partial charge in [-0.25, -0.2) is 4.39 Å². The first kappa shape index (κ1) is 24.0. The number of aryl methyl sites for hydroxylation is 2. The molecule has 1 unspecified atom stereocenters. The molecule has 0 amide bonds. The van der Waals surface area contributed by atoms with Crippen molar-refractivity contribution < 1.29 is 24.1 Å². The Morgan fingerprint density at radius 2 is 1.76 bits per heavy atom. The van der Waals surface area contributed by atoms with Crippen molar-refractivity contribution in [1.82, 2.24) is 4.90 Å². The van der Waals surface area contributed by atoms with Gasteiger partial charge in [0.25, 0.3) is 0 Å². The smallest absolute Gasteiger partial charge is 0.134 e. The van der Waals surface area contributed by atoms with Crippen molar-refractivity contribution in [3.63, 3.8) is 0 Å². The van der Waals surface area contributed by atoms with Crippen LogP contribution < -0.4 is 9.64 Å². The molecule has 0 spiro atoms. The van der Waals surface area contributed by atoms with Gasteiger partial charge in [-0.1, -0.05) is 18.2 Å². The average Bonchev–Trinajstić information content (AvgIpc) is 2.97. The number of benzene rings is 2. The third-order valence-corrected chi connectivity index (χ3v) is 6.75. The fourth-order valence-corrected chi connectivity index (χ4v) is 4.80. The third kappa shape index (κ3) is 6.03. The summed E-state index contributed by atoms with van der Waals surface area (Å²) in [6.07, 6.45) is 1.34. The topological polar surface area (TPSA) is 65.4 Å². The average molecular weight is 459 g/mol. The fraction of sp³-hybridized carbons (Fsp3) is 0.538. The molecule has 0 radical (unpaired) electrons. The van der Waals surface area contributed by atoms with Crippen LogP contribution in [0.25, 0.3) is 0 Å². The molecule has 4 rings (SSSR count). The molecule has 33 heavy (non-hydrogen) atoms. The number of rotatable bonds is 6. The van der Waals surface area contributed by atoms with Crippen molar-refractivity contribution in [2.24, 2.45) is 0 Å². The molecule has 2 aliphatic rings. The maximum atomic E-state index is 13.5. The van der Waals surface area contributed by atoms with Crippen molar-refractivity contribution in [2.75, 3.05) is 57.4 Å². The Bertz CT molecular complexity index is 948. The van der Waals surface area contributed by atoms with Gasteiger partial charge in [-0.2, -0.15) is 0 Å². The molecular formula is C26H35FN2O4. The molecule has 0 bridgehead atoms. The second kappa shape index (κ2) is 9.97.